The van der Waals surface area contributed by atoms with Gasteiger partial charge in [-0.2, -0.15) is 0 Å². The van der Waals surface area contributed by atoms with Gasteiger partial charge >= 0.3 is 0 Å². The summed E-state index contributed by atoms with van der Waals surface area (Å²) in [5.41, 5.74) is 1.02. The maximum Gasteiger partial charge on any atom is 0.223 e. The topological polar surface area (TPSA) is 49.3 Å². The lowest BCUT2D eigenvalue weighted by Gasteiger charge is -2.18. The zero-order chi connectivity index (χ0) is 14.8. The normalized spacial score (nSPS) is 26.6. The Bertz CT molecular complexity index is 496. The highest BCUT2D eigenvalue weighted by atomic mass is 19.1. The van der Waals surface area contributed by atoms with Crippen molar-refractivity contribution in [2.45, 2.75) is 44.1 Å². The summed E-state index contributed by atoms with van der Waals surface area (Å²) in [6.45, 7) is 0.357. The summed E-state index contributed by atoms with van der Waals surface area (Å²) < 4.78 is 12.9. The van der Waals surface area contributed by atoms with E-state index < -0.39 is 6.10 Å². The highest BCUT2D eigenvalue weighted by Gasteiger charge is 2.43. The van der Waals surface area contributed by atoms with Gasteiger partial charge in [0.05, 0.1) is 6.10 Å². The third-order valence-electron chi connectivity index (χ3n) is 4.85. The van der Waals surface area contributed by atoms with E-state index in [0.29, 0.717) is 12.5 Å². The minimum absolute atomic E-state index is 0.0152. The summed E-state index contributed by atoms with van der Waals surface area (Å²) in [6.07, 6.45) is 4.91. The summed E-state index contributed by atoms with van der Waals surface area (Å²) in [7, 11) is 0. The van der Waals surface area contributed by atoms with Gasteiger partial charge in [-0.3, -0.25) is 4.79 Å². The Morgan fingerprint density at radius 2 is 1.95 bits per heavy atom. The molecule has 2 N–H and O–H groups in total. The van der Waals surface area contributed by atoms with Gasteiger partial charge in [0.1, 0.15) is 5.82 Å². The molecule has 0 saturated heterocycles. The van der Waals surface area contributed by atoms with Crippen LogP contribution in [-0.2, 0) is 4.79 Å². The maximum atomic E-state index is 12.9. The molecule has 0 aromatic heterocycles. The monoisotopic (exact) mass is 291 g/mol. The van der Waals surface area contributed by atoms with Crippen LogP contribution in [0.25, 0.3) is 0 Å². The number of hydrogen-bond acceptors (Lipinski definition) is 2. The zero-order valence-corrected chi connectivity index (χ0v) is 12.1. The third-order valence-corrected chi connectivity index (χ3v) is 4.85. The summed E-state index contributed by atoms with van der Waals surface area (Å²) >= 11 is 0. The van der Waals surface area contributed by atoms with Crippen molar-refractivity contribution in [2.24, 2.45) is 11.8 Å². The van der Waals surface area contributed by atoms with Crippen molar-refractivity contribution in [3.63, 3.8) is 0 Å². The van der Waals surface area contributed by atoms with Crippen LogP contribution in [0, 0.1) is 17.7 Å². The van der Waals surface area contributed by atoms with Gasteiger partial charge in [-0.25, -0.2) is 4.39 Å². The molecule has 1 aromatic carbocycles. The fraction of sp³-hybridized carbons (Fsp3) is 0.588. The Morgan fingerprint density at radius 1 is 1.29 bits per heavy atom. The van der Waals surface area contributed by atoms with Gasteiger partial charge in [0.25, 0.3) is 0 Å². The van der Waals surface area contributed by atoms with Crippen molar-refractivity contribution in [3.8, 4) is 0 Å². The standard InChI is InChI=1S/C17H22FNO2/c18-13-7-5-11(6-8-13)14-9-15(14)17(21)19-10-16(20)12-3-1-2-4-12/h5-8,12,14-16,20H,1-4,9-10H2,(H,19,21). The van der Waals surface area contributed by atoms with Gasteiger partial charge in [0, 0.05) is 12.5 Å². The van der Waals surface area contributed by atoms with Crippen molar-refractivity contribution < 1.29 is 14.3 Å². The van der Waals surface area contributed by atoms with Crippen LogP contribution in [0.5, 0.6) is 0 Å². The molecule has 0 bridgehead atoms. The number of nitrogens with one attached hydrogen (secondary N) is 1. The maximum absolute atomic E-state index is 12.9. The smallest absolute Gasteiger partial charge is 0.223 e. The van der Waals surface area contributed by atoms with E-state index in [1.165, 1.54) is 25.0 Å². The summed E-state index contributed by atoms with van der Waals surface area (Å²) in [5, 5.41) is 12.9. The van der Waals surface area contributed by atoms with Crippen LogP contribution in [0.4, 0.5) is 4.39 Å². The van der Waals surface area contributed by atoms with E-state index >= 15 is 0 Å². The predicted octanol–water partition coefficient (Wildman–Crippen LogP) is 2.60. The molecule has 3 unspecified atom stereocenters. The second-order valence-electron chi connectivity index (χ2n) is 6.36. The molecular formula is C17H22FNO2. The third kappa shape index (κ3) is 3.43. The average molecular weight is 291 g/mol. The van der Waals surface area contributed by atoms with Gasteiger partial charge in [-0.15, -0.1) is 0 Å². The summed E-state index contributed by atoms with van der Waals surface area (Å²) in [6, 6.07) is 6.38. The molecule has 2 aliphatic carbocycles. The number of carbonyl (C=O) groups is 1. The molecule has 1 amide bonds. The quantitative estimate of drug-likeness (QED) is 0.876. The number of amides is 1. The first-order chi connectivity index (χ1) is 10.1. The van der Waals surface area contributed by atoms with Crippen LogP contribution in [0.1, 0.15) is 43.6 Å². The first kappa shape index (κ1) is 14.5. The molecule has 1 aromatic rings. The number of carbonyl (C=O) groups excluding carboxylic acids is 1. The summed E-state index contributed by atoms with van der Waals surface area (Å²) in [5.74, 6) is 0.291. The first-order valence-corrected chi connectivity index (χ1v) is 7.86. The van der Waals surface area contributed by atoms with Crippen molar-refractivity contribution >= 4 is 5.91 Å². The number of benzene rings is 1. The Hall–Kier alpha value is -1.42. The number of aliphatic hydroxyl groups excluding tert-OH is 1. The largest absolute Gasteiger partial charge is 0.391 e. The molecule has 2 aliphatic rings. The molecule has 0 radical (unpaired) electrons. The fourth-order valence-electron chi connectivity index (χ4n) is 3.41. The van der Waals surface area contributed by atoms with E-state index in [-0.39, 0.29) is 23.6 Å². The number of halogens is 1. The Morgan fingerprint density at radius 3 is 2.62 bits per heavy atom. The molecule has 3 rings (SSSR count). The van der Waals surface area contributed by atoms with E-state index in [9.17, 15) is 14.3 Å². The Balaban J connectivity index is 1.45. The fourth-order valence-corrected chi connectivity index (χ4v) is 3.41. The second-order valence-corrected chi connectivity index (χ2v) is 6.36. The lowest BCUT2D eigenvalue weighted by molar-refractivity contribution is -0.123. The van der Waals surface area contributed by atoms with Crippen molar-refractivity contribution in [1.82, 2.24) is 5.32 Å². The molecule has 4 heteroatoms. The molecular weight excluding hydrogens is 269 g/mol. The zero-order valence-electron chi connectivity index (χ0n) is 12.1. The predicted molar refractivity (Wildman–Crippen MR) is 78.2 cm³/mol. The second kappa shape index (κ2) is 6.14. The number of hydrogen-bond donors (Lipinski definition) is 2. The van der Waals surface area contributed by atoms with E-state index in [0.717, 1.165) is 24.8 Å². The van der Waals surface area contributed by atoms with Gasteiger partial charge in [0.2, 0.25) is 5.91 Å². The minimum Gasteiger partial charge on any atom is -0.391 e. The molecule has 0 aliphatic heterocycles. The van der Waals surface area contributed by atoms with Gasteiger partial charge < -0.3 is 10.4 Å². The van der Waals surface area contributed by atoms with Crippen LogP contribution < -0.4 is 5.32 Å². The Kier molecular flexibility index (Phi) is 4.24. The number of rotatable bonds is 5. The molecule has 2 fully saturated rings. The van der Waals surface area contributed by atoms with Crippen molar-refractivity contribution in [3.05, 3.63) is 35.6 Å². The molecule has 0 heterocycles. The molecule has 114 valence electrons. The van der Waals surface area contributed by atoms with E-state index in [1.54, 1.807) is 12.1 Å². The molecule has 0 spiro atoms. The van der Waals surface area contributed by atoms with E-state index in [4.69, 9.17) is 0 Å². The van der Waals surface area contributed by atoms with Crippen LogP contribution in [0.3, 0.4) is 0 Å². The summed E-state index contributed by atoms with van der Waals surface area (Å²) in [4.78, 5) is 12.1. The van der Waals surface area contributed by atoms with Crippen molar-refractivity contribution in [2.75, 3.05) is 6.54 Å². The SMILES string of the molecule is O=C(NCC(O)C1CCCC1)C1CC1c1ccc(F)cc1. The lowest BCUT2D eigenvalue weighted by atomic mass is 10.0. The van der Waals surface area contributed by atoms with Crippen LogP contribution in [0.15, 0.2) is 24.3 Å². The Labute approximate surface area is 124 Å². The van der Waals surface area contributed by atoms with E-state index in [2.05, 4.69) is 5.32 Å². The molecule has 3 nitrogen and oxygen atoms in total. The van der Waals surface area contributed by atoms with Gasteiger partial charge in [-0.1, -0.05) is 25.0 Å². The van der Waals surface area contributed by atoms with Gasteiger partial charge in [0.15, 0.2) is 0 Å². The average Bonchev–Trinajstić information content (AvgIpc) is 3.09. The van der Waals surface area contributed by atoms with Gasteiger partial charge in [-0.05, 0) is 48.8 Å². The highest BCUT2D eigenvalue weighted by molar-refractivity contribution is 5.82. The lowest BCUT2D eigenvalue weighted by Crippen LogP contribution is -2.36. The van der Waals surface area contributed by atoms with Crippen LogP contribution >= 0.6 is 0 Å². The molecule has 2 saturated carbocycles. The molecule has 21 heavy (non-hydrogen) atoms. The van der Waals surface area contributed by atoms with E-state index in [1.807, 2.05) is 0 Å². The highest BCUT2D eigenvalue weighted by Crippen LogP contribution is 2.47. The first-order valence-electron chi connectivity index (χ1n) is 7.86. The number of aliphatic hydroxyl groups is 1. The van der Waals surface area contributed by atoms with Crippen molar-refractivity contribution in [1.29, 1.82) is 0 Å². The van der Waals surface area contributed by atoms with Crippen LogP contribution in [-0.4, -0.2) is 23.7 Å². The molecule has 3 atom stereocenters. The van der Waals surface area contributed by atoms with Crippen LogP contribution in [0.2, 0.25) is 0 Å². The minimum atomic E-state index is -0.417.